The molecule has 7 rings (SSSR count). The van der Waals surface area contributed by atoms with Crippen LogP contribution in [0.3, 0.4) is 0 Å². The quantitative estimate of drug-likeness (QED) is 0.00567. The molecule has 1 spiro atoms. The number of H-pyrrole nitrogens is 2. The lowest BCUT2D eigenvalue weighted by Gasteiger charge is -2.36. The van der Waals surface area contributed by atoms with Crippen LogP contribution in [0.25, 0.3) is 0 Å². The summed E-state index contributed by atoms with van der Waals surface area (Å²) in [4.78, 5) is 282. The second-order valence-electron chi connectivity index (χ2n) is 31.7. The Kier molecular flexibility index (Phi) is 37.4. The van der Waals surface area contributed by atoms with E-state index >= 15 is 0 Å². The number of guanidine groups is 1. The van der Waals surface area contributed by atoms with E-state index < -0.39 is 247 Å². The van der Waals surface area contributed by atoms with Crippen LogP contribution < -0.4 is 113 Å². The summed E-state index contributed by atoms with van der Waals surface area (Å²) >= 11 is 0. The summed E-state index contributed by atoms with van der Waals surface area (Å²) in [6.07, 6.45) is 1.77. The number of aromatic amines is 2. The van der Waals surface area contributed by atoms with Crippen LogP contribution in [-0.4, -0.2) is 256 Å². The Morgan fingerprint density at radius 1 is 0.474 bits per heavy atom. The summed E-state index contributed by atoms with van der Waals surface area (Å²) in [5.41, 5.74) is 19.4. The molecule has 133 heavy (non-hydrogen) atoms. The van der Waals surface area contributed by atoms with E-state index in [4.69, 9.17) is 32.1 Å². The van der Waals surface area contributed by atoms with E-state index in [0.717, 1.165) is 6.92 Å². The predicted octanol–water partition coefficient (Wildman–Crippen LogP) is -6.00. The van der Waals surface area contributed by atoms with Gasteiger partial charge in [-0.05, 0) is 115 Å². The summed E-state index contributed by atoms with van der Waals surface area (Å²) < 4.78 is 12.1. The first-order valence-electron chi connectivity index (χ1n) is 41.8. The third kappa shape index (κ3) is 29.8. The largest absolute Gasteiger partial charge is 0.508 e. The number of hydrogen-bond donors (Lipinski definition) is 27. The minimum absolute atomic E-state index is 0.0348. The van der Waals surface area contributed by atoms with Gasteiger partial charge < -0.3 is 137 Å². The molecule has 5 aromatic rings. The molecule has 0 aliphatic carbocycles. The van der Waals surface area contributed by atoms with Gasteiger partial charge in [0.1, 0.15) is 102 Å². The number of benzene rings is 3. The molecule has 0 saturated heterocycles. The number of carbonyl (C=O) groups excluding carboxylic acids is 18. The molecule has 51 nitrogen and oxygen atoms in total. The number of amides is 18. The summed E-state index contributed by atoms with van der Waals surface area (Å²) in [6.45, 7) is 11.6. The van der Waals surface area contributed by atoms with E-state index in [9.17, 15) is 116 Å². The number of urea groups is 1. The topological polar surface area (TPSA) is 805 Å². The Morgan fingerprint density at radius 2 is 0.947 bits per heavy atom. The lowest BCUT2D eigenvalue weighted by Crippen LogP contribution is -2.61. The Balaban J connectivity index is 0.917. The molecule has 30 N–H and O–H groups in total. The van der Waals surface area contributed by atoms with Crippen LogP contribution in [0.1, 0.15) is 162 Å². The van der Waals surface area contributed by atoms with Crippen molar-refractivity contribution < 1.29 is 126 Å². The number of aliphatic carboxylic acids is 2. The number of phenols is 2. The average Bonchev–Trinajstić information content (AvgIpc) is 1.55. The van der Waals surface area contributed by atoms with Crippen molar-refractivity contribution in [1.82, 2.24) is 111 Å². The highest BCUT2D eigenvalue weighted by atomic mass is 16.6. The van der Waals surface area contributed by atoms with Crippen molar-refractivity contribution in [2.24, 2.45) is 29.0 Å². The van der Waals surface area contributed by atoms with Gasteiger partial charge in [0, 0.05) is 79.0 Å². The van der Waals surface area contributed by atoms with Crippen molar-refractivity contribution in [3.8, 4) is 23.0 Å². The van der Waals surface area contributed by atoms with Crippen LogP contribution in [0, 0.1) is 17.2 Å². The number of rotatable bonds is 48. The predicted molar refractivity (Wildman–Crippen MR) is 460 cm³/mol. The van der Waals surface area contributed by atoms with Gasteiger partial charge in [0.25, 0.3) is 11.8 Å². The summed E-state index contributed by atoms with van der Waals surface area (Å²) in [5, 5.41) is 82.9. The van der Waals surface area contributed by atoms with Crippen LogP contribution in [0.15, 0.2) is 79.6 Å². The Bertz CT molecular complexity index is 5150. The summed E-state index contributed by atoms with van der Waals surface area (Å²) in [7, 11) is 0. The zero-order valence-electron chi connectivity index (χ0n) is 73.5. The number of carboxylic acid groups (broad SMARTS) is 2. The molecule has 3 aromatic carbocycles. The van der Waals surface area contributed by atoms with E-state index in [1.54, 1.807) is 20.8 Å². The number of nitrogens with two attached hydrogens (primary N) is 3. The molecule has 2 aliphatic heterocycles. The smallest absolute Gasteiger partial charge is 0.340 e. The Labute approximate surface area is 757 Å². The van der Waals surface area contributed by atoms with Crippen molar-refractivity contribution in [3.63, 3.8) is 0 Å². The molecule has 14 atom stereocenters. The molecule has 0 fully saturated rings. The molecular formula is C82H109N25O26. The van der Waals surface area contributed by atoms with Crippen molar-refractivity contribution in [2.45, 2.75) is 211 Å². The first-order valence-corrected chi connectivity index (χ1v) is 41.8. The minimum atomic E-state index is -1.92. The number of aromatic hydroxyl groups is 2. The number of esters is 1. The number of ether oxygens (including phenoxy) is 2. The third-order valence-electron chi connectivity index (χ3n) is 21.0. The van der Waals surface area contributed by atoms with Crippen LogP contribution in [-0.2, 0) is 105 Å². The van der Waals surface area contributed by atoms with Gasteiger partial charge in [0.05, 0.1) is 42.6 Å². The zero-order chi connectivity index (χ0) is 98.6. The molecule has 0 bridgehead atoms. The van der Waals surface area contributed by atoms with Gasteiger partial charge in [-0.3, -0.25) is 92.3 Å². The molecule has 0 unspecified atom stereocenters. The lowest BCUT2D eigenvalue weighted by molar-refractivity contribution is -0.142. The first-order chi connectivity index (χ1) is 62.7. The van der Waals surface area contributed by atoms with E-state index in [1.807, 2.05) is 5.43 Å². The number of phenolic OH excluding ortho intramolecular Hbond substituents is 2. The van der Waals surface area contributed by atoms with Gasteiger partial charge in [0.2, 0.25) is 82.7 Å². The molecule has 0 saturated carbocycles. The standard InChI is InChI=1S/C82H109N25O26/c1-10-36(4)64(77(127)103-56(29-60(84)111)75(125)100-52(20-22-62(113)114)72(122)94-37(5)65(115)90-32-61(112)98-53(78(128)129)12-11-23-89-80(85)86)105-81(131)107-106-69(119)41(9)97-73(123)54(25-43-30-87-33-91-43)101-67(117)39(7)93-66(116)38(6)96-74(124)55(26-44-31-88-34-92-44)102-76(126)63(35(2)3)104-68(118)40(8)95-71(121)51(19-21-59(83)110)99-70(120)42-13-16-47-50(24-42)82(133-79(47)130)48-17-14-45(108)27-57(48)132-58-28-46(109)15-18-49(58)82/h13-18,24,27-28,30-31,33-41,51-56,63-64,108-109H,10-12,19-23,25-26,29,32H2,1-9H3,(H2,83,110)(H2,84,111)(H,87,91)(H,88,92)(H,90,115)(H,93,116)(H,94,122)(H,95,121)(H,96,124)(H,97,123)(H,98,112)(H,99,120)(H,100,125)(H,101,117)(H,102,126)(H,103,127)(H,104,118)(H,106,119)(H,113,114)(H,128,129)(H4,85,86,89)(H2,105,107,131)/t36-,37-,38-,39-,40-,41-,51-,52-,53-,54-,55-,56-,63-,64-/m0/s1. The highest BCUT2D eigenvalue weighted by Gasteiger charge is 2.54. The second-order valence-corrected chi connectivity index (χ2v) is 31.7. The molecule has 2 aromatic heterocycles. The maximum Gasteiger partial charge on any atom is 0.340 e. The van der Waals surface area contributed by atoms with Crippen molar-refractivity contribution in [2.75, 3.05) is 13.1 Å². The molecule has 2 aliphatic rings. The number of nitrogens with one attached hydrogen (secondary N) is 20. The Morgan fingerprint density at radius 3 is 1.45 bits per heavy atom. The normalized spacial score (nSPS) is 15.1. The van der Waals surface area contributed by atoms with Gasteiger partial charge in [0.15, 0.2) is 11.6 Å². The van der Waals surface area contributed by atoms with Crippen molar-refractivity contribution in [1.29, 1.82) is 5.41 Å². The van der Waals surface area contributed by atoms with Gasteiger partial charge in [-0.2, -0.15) is 0 Å². The van der Waals surface area contributed by atoms with Gasteiger partial charge in [-0.1, -0.05) is 34.1 Å². The fourth-order valence-corrected chi connectivity index (χ4v) is 13.5. The van der Waals surface area contributed by atoms with E-state index in [1.165, 1.54) is 114 Å². The number of imidazole rings is 2. The fourth-order valence-electron chi connectivity index (χ4n) is 13.5. The number of primary amides is 2. The van der Waals surface area contributed by atoms with Crippen LogP contribution in [0.4, 0.5) is 4.79 Å². The number of carboxylic acids is 2. The average molecular weight is 1860 g/mol. The maximum atomic E-state index is 14.3. The monoisotopic (exact) mass is 1860 g/mol. The third-order valence-corrected chi connectivity index (χ3v) is 21.0. The summed E-state index contributed by atoms with van der Waals surface area (Å²) in [5.74, 6) is -22.2. The highest BCUT2D eigenvalue weighted by Crippen LogP contribution is 2.57. The second kappa shape index (κ2) is 47.8. The maximum absolute atomic E-state index is 14.3. The number of hydrogen-bond acceptors (Lipinski definition) is 27. The van der Waals surface area contributed by atoms with Gasteiger partial charge in [-0.15, -0.1) is 0 Å². The molecule has 0 radical (unpaired) electrons. The molecule has 4 heterocycles. The van der Waals surface area contributed by atoms with Crippen molar-refractivity contribution >= 4 is 124 Å². The molecule has 51 heteroatoms. The lowest BCUT2D eigenvalue weighted by atomic mass is 9.77. The fraction of sp³-hybridized carbons (Fsp3) is 0.451. The minimum Gasteiger partial charge on any atom is -0.508 e. The Hall–Kier alpha value is -16.1. The zero-order valence-corrected chi connectivity index (χ0v) is 73.5. The van der Waals surface area contributed by atoms with E-state index in [2.05, 4.69) is 105 Å². The van der Waals surface area contributed by atoms with Crippen LogP contribution >= 0.6 is 0 Å². The highest BCUT2D eigenvalue weighted by molar-refractivity contribution is 6.04. The number of aromatic nitrogens is 4. The molecular weight excluding hydrogens is 1750 g/mol. The summed E-state index contributed by atoms with van der Waals surface area (Å²) in [6, 6.07) is -9.42. The molecule has 718 valence electrons. The van der Waals surface area contributed by atoms with Gasteiger partial charge in [-0.25, -0.2) is 29.8 Å². The number of fused-ring (bicyclic) bond motifs is 6. The van der Waals surface area contributed by atoms with Gasteiger partial charge >= 0.3 is 23.9 Å². The SMILES string of the molecule is CC[C@H](C)[C@H](NC(=O)NNC(=O)[C@H](C)NC(=O)[C@H](Cc1c[nH]cn1)NC(=O)[C@H](C)NC(=O)[C@H](C)NC(=O)[C@H](Cc1c[nH]cn1)NC(=O)[C@@H](NC(=O)[C@H](C)NC(=O)[C@H](CCC(N)=O)NC(=O)c1ccc2c(c1)C1(OC2=O)c2ccc(O)cc2Oc2cc(O)ccc21)C(C)C)C(=O)N[C@@H](CC(N)=O)C(=O)N[C@@H](CCC(=O)O)C(=O)N[C@@H](C)C(=O)NCC(=O)N[C@@H](CCCNC(=N)N)C(=O)O. The molecule has 18 amide bonds. The number of hydrazine groups is 1. The van der Waals surface area contributed by atoms with Crippen LogP contribution in [0.5, 0.6) is 23.0 Å². The van der Waals surface area contributed by atoms with Crippen molar-refractivity contribution in [3.05, 3.63) is 119 Å². The van der Waals surface area contributed by atoms with E-state index in [0.29, 0.717) is 0 Å². The van der Waals surface area contributed by atoms with Crippen LogP contribution in [0.2, 0.25) is 0 Å². The number of nitrogens with zero attached hydrogens (tertiary/aromatic N) is 2. The van der Waals surface area contributed by atoms with E-state index in [-0.39, 0.29) is 113 Å². The number of carbonyl (C=O) groups is 20. The first kappa shape index (κ1) is 104.